The van der Waals surface area contributed by atoms with E-state index in [9.17, 15) is 13.8 Å². The van der Waals surface area contributed by atoms with Gasteiger partial charge in [-0.25, -0.2) is 8.78 Å². The van der Waals surface area contributed by atoms with Crippen LogP contribution in [0.1, 0.15) is 43.2 Å². The van der Waals surface area contributed by atoms with Crippen LogP contribution in [0, 0.1) is 6.92 Å². The third-order valence-corrected chi connectivity index (χ3v) is 7.61. The van der Waals surface area contributed by atoms with Gasteiger partial charge in [-0.15, -0.1) is 10.2 Å². The summed E-state index contributed by atoms with van der Waals surface area (Å²) in [7, 11) is -0.860. The third kappa shape index (κ3) is 3.80. The SMILES string of the molecule is CB(O)N1C2C[C@H](N3CCCCc4cc(-c5ccc(Cl)cc5C)nnc43)C[C@H]1CC2(F)F. The molecule has 0 amide bonds. The van der Waals surface area contributed by atoms with Gasteiger partial charge in [0.25, 0.3) is 5.92 Å². The summed E-state index contributed by atoms with van der Waals surface area (Å²) in [5, 5.41) is 20.0. The summed E-state index contributed by atoms with van der Waals surface area (Å²) in [4.78, 5) is 3.84. The second-order valence-corrected chi connectivity index (χ2v) is 9.96. The third-order valence-electron chi connectivity index (χ3n) is 7.37. The van der Waals surface area contributed by atoms with Crippen LogP contribution in [0.15, 0.2) is 24.3 Å². The number of rotatable bonds is 3. The first-order valence-electron chi connectivity index (χ1n) is 11.5. The molecule has 3 aliphatic heterocycles. The first kappa shape index (κ1) is 22.0. The Balaban J connectivity index is 1.46. The fourth-order valence-electron chi connectivity index (χ4n) is 5.97. The molecule has 0 spiro atoms. The molecule has 0 saturated carbocycles. The maximum Gasteiger partial charge on any atom is 0.377 e. The van der Waals surface area contributed by atoms with Crippen molar-refractivity contribution in [2.75, 3.05) is 11.4 Å². The summed E-state index contributed by atoms with van der Waals surface area (Å²) >= 11 is 6.11. The molecule has 2 fully saturated rings. The van der Waals surface area contributed by atoms with Gasteiger partial charge in [0.15, 0.2) is 5.82 Å². The molecule has 4 heterocycles. The second kappa shape index (κ2) is 8.22. The zero-order valence-corrected chi connectivity index (χ0v) is 19.2. The highest BCUT2D eigenvalue weighted by Gasteiger charge is 2.59. The molecule has 32 heavy (non-hydrogen) atoms. The van der Waals surface area contributed by atoms with Gasteiger partial charge in [-0.3, -0.25) is 0 Å². The van der Waals surface area contributed by atoms with Crippen molar-refractivity contribution in [3.63, 3.8) is 0 Å². The van der Waals surface area contributed by atoms with E-state index >= 15 is 0 Å². The van der Waals surface area contributed by atoms with E-state index in [4.69, 9.17) is 11.6 Å². The monoisotopic (exact) mass is 460 g/mol. The summed E-state index contributed by atoms with van der Waals surface area (Å²) in [6, 6.07) is 6.57. The van der Waals surface area contributed by atoms with Gasteiger partial charge in [0, 0.05) is 35.6 Å². The van der Waals surface area contributed by atoms with Crippen molar-refractivity contribution in [1.29, 1.82) is 0 Å². The Morgan fingerprint density at radius 2 is 1.97 bits per heavy atom. The van der Waals surface area contributed by atoms with Crippen LogP contribution in [-0.2, 0) is 6.42 Å². The van der Waals surface area contributed by atoms with Crippen molar-refractivity contribution in [3.05, 3.63) is 40.4 Å². The number of fused-ring (bicyclic) bond motifs is 3. The highest BCUT2D eigenvalue weighted by Crippen LogP contribution is 2.47. The Hall–Kier alpha value is -1.77. The second-order valence-electron chi connectivity index (χ2n) is 9.53. The van der Waals surface area contributed by atoms with Gasteiger partial charge in [-0.1, -0.05) is 17.7 Å². The largest absolute Gasteiger partial charge is 0.437 e. The lowest BCUT2D eigenvalue weighted by atomic mass is 9.78. The number of anilines is 1. The molecule has 5 nitrogen and oxygen atoms in total. The Bertz CT molecular complexity index is 1020. The molecule has 1 aromatic heterocycles. The van der Waals surface area contributed by atoms with Crippen molar-refractivity contribution in [2.45, 2.75) is 76.3 Å². The number of aryl methyl sites for hydroxylation is 2. The number of halogens is 3. The van der Waals surface area contributed by atoms with E-state index in [0.717, 1.165) is 54.0 Å². The molecular weight excluding hydrogens is 433 g/mol. The molecule has 170 valence electrons. The molecule has 1 unspecified atom stereocenters. The normalized spacial score (nSPS) is 27.2. The van der Waals surface area contributed by atoms with E-state index in [-0.39, 0.29) is 18.5 Å². The Morgan fingerprint density at radius 1 is 1.16 bits per heavy atom. The van der Waals surface area contributed by atoms with Crippen molar-refractivity contribution in [1.82, 2.24) is 15.0 Å². The minimum atomic E-state index is -2.77. The zero-order valence-electron chi connectivity index (χ0n) is 18.4. The number of nitrogens with zero attached hydrogens (tertiary/aromatic N) is 4. The van der Waals surface area contributed by atoms with Crippen LogP contribution >= 0.6 is 11.6 Å². The summed E-state index contributed by atoms with van der Waals surface area (Å²) in [5.41, 5.74) is 3.99. The summed E-state index contributed by atoms with van der Waals surface area (Å²) in [5.74, 6) is -1.94. The maximum absolute atomic E-state index is 14.7. The van der Waals surface area contributed by atoms with E-state index in [0.29, 0.717) is 17.9 Å². The van der Waals surface area contributed by atoms with E-state index in [1.807, 2.05) is 25.1 Å². The Kier molecular flexibility index (Phi) is 5.67. The minimum Gasteiger partial charge on any atom is -0.437 e. The fraction of sp³-hybridized carbons (Fsp3) is 0.565. The highest BCUT2D eigenvalue weighted by atomic mass is 35.5. The molecule has 2 aromatic rings. The van der Waals surface area contributed by atoms with Crippen molar-refractivity contribution in [2.24, 2.45) is 0 Å². The first-order chi connectivity index (χ1) is 15.2. The van der Waals surface area contributed by atoms with Gasteiger partial charge < -0.3 is 14.7 Å². The van der Waals surface area contributed by atoms with Crippen LogP contribution in [0.2, 0.25) is 11.8 Å². The van der Waals surface area contributed by atoms with Gasteiger partial charge in [0.05, 0.1) is 11.7 Å². The molecule has 2 saturated heterocycles. The maximum atomic E-state index is 14.7. The summed E-state index contributed by atoms with van der Waals surface area (Å²) < 4.78 is 29.4. The van der Waals surface area contributed by atoms with Crippen LogP contribution < -0.4 is 4.90 Å². The molecule has 2 bridgehead atoms. The van der Waals surface area contributed by atoms with E-state index in [1.165, 1.54) is 0 Å². The van der Waals surface area contributed by atoms with Gasteiger partial charge in [0.2, 0.25) is 0 Å². The van der Waals surface area contributed by atoms with Crippen molar-refractivity contribution < 1.29 is 13.8 Å². The number of hydrogen-bond donors (Lipinski definition) is 1. The zero-order chi connectivity index (χ0) is 22.6. The first-order valence-corrected chi connectivity index (χ1v) is 11.9. The number of hydrogen-bond acceptors (Lipinski definition) is 5. The number of piperidine rings is 1. The predicted octanol–water partition coefficient (Wildman–Crippen LogP) is 4.60. The molecule has 0 radical (unpaired) electrons. The molecule has 3 atom stereocenters. The van der Waals surface area contributed by atoms with Gasteiger partial charge >= 0.3 is 7.05 Å². The average molecular weight is 461 g/mol. The molecule has 1 N–H and O–H groups in total. The minimum absolute atomic E-state index is 0.0253. The van der Waals surface area contributed by atoms with Gasteiger partial charge in [-0.2, -0.15) is 0 Å². The lowest BCUT2D eigenvalue weighted by molar-refractivity contribution is -0.0284. The van der Waals surface area contributed by atoms with Gasteiger partial charge in [0.1, 0.15) is 0 Å². The Labute approximate surface area is 192 Å². The quantitative estimate of drug-likeness (QED) is 0.679. The summed E-state index contributed by atoms with van der Waals surface area (Å²) in [6.45, 7) is 4.40. The lowest BCUT2D eigenvalue weighted by Crippen LogP contribution is -2.57. The lowest BCUT2D eigenvalue weighted by Gasteiger charge is -2.44. The molecular formula is C23H28BClF2N4O. The fourth-order valence-corrected chi connectivity index (χ4v) is 6.20. The molecule has 5 rings (SSSR count). The standard InChI is InChI=1S/C23H28BClF2N4O/c1-14-9-16(25)6-7-19(14)20-10-15-5-3-4-8-30(22(15)29-28-20)17-11-18-13-23(26,27)21(12-17)31(18)24(2)32/h6-7,9-10,17-18,21,32H,3-5,8,11-13H2,1-2H3/t17-,18+,21?/m1/s1. The van der Waals surface area contributed by atoms with Crippen LogP contribution in [0.3, 0.4) is 0 Å². The Morgan fingerprint density at radius 3 is 2.69 bits per heavy atom. The van der Waals surface area contributed by atoms with Crippen molar-refractivity contribution in [3.8, 4) is 11.3 Å². The summed E-state index contributed by atoms with van der Waals surface area (Å²) in [6.07, 6.45) is 3.68. The topological polar surface area (TPSA) is 52.5 Å². The molecule has 1 aromatic carbocycles. The average Bonchev–Trinajstić information content (AvgIpc) is 2.87. The van der Waals surface area contributed by atoms with Crippen LogP contribution in [0.5, 0.6) is 0 Å². The van der Waals surface area contributed by atoms with Gasteiger partial charge in [-0.05, 0) is 75.2 Å². The van der Waals surface area contributed by atoms with E-state index < -0.39 is 19.0 Å². The number of aromatic nitrogens is 2. The number of alkyl halides is 2. The van der Waals surface area contributed by atoms with Crippen LogP contribution in [-0.4, -0.2) is 57.7 Å². The van der Waals surface area contributed by atoms with Crippen LogP contribution in [0.25, 0.3) is 11.3 Å². The predicted molar refractivity (Wildman–Crippen MR) is 123 cm³/mol. The smallest absolute Gasteiger partial charge is 0.377 e. The molecule has 3 aliphatic rings. The highest BCUT2D eigenvalue weighted by molar-refractivity contribution is 6.45. The van der Waals surface area contributed by atoms with Crippen LogP contribution in [0.4, 0.5) is 14.6 Å². The molecule has 9 heteroatoms. The molecule has 0 aliphatic carbocycles. The van der Waals surface area contributed by atoms with E-state index in [1.54, 1.807) is 11.6 Å². The van der Waals surface area contributed by atoms with E-state index in [2.05, 4.69) is 21.2 Å². The van der Waals surface area contributed by atoms with Crippen molar-refractivity contribution >= 4 is 24.5 Å². The number of benzene rings is 1.